The van der Waals surface area contributed by atoms with Crippen LogP contribution in [0.3, 0.4) is 0 Å². The van der Waals surface area contributed by atoms with E-state index in [1.54, 1.807) is 11.2 Å². The smallest absolute Gasteiger partial charge is 0.0586 e. The summed E-state index contributed by atoms with van der Waals surface area (Å²) in [5, 5.41) is 1.75. The van der Waals surface area contributed by atoms with Gasteiger partial charge in [0.15, 0.2) is 0 Å². The molecule has 0 spiro atoms. The van der Waals surface area contributed by atoms with E-state index in [1.807, 2.05) is 13.8 Å². The van der Waals surface area contributed by atoms with E-state index in [0.29, 0.717) is 6.04 Å². The van der Waals surface area contributed by atoms with Crippen molar-refractivity contribution < 1.29 is 0 Å². The van der Waals surface area contributed by atoms with Gasteiger partial charge in [-0.15, -0.1) is 0 Å². The Bertz CT molecular complexity index is 285. The van der Waals surface area contributed by atoms with Gasteiger partial charge in [-0.05, 0) is 53.2 Å². The van der Waals surface area contributed by atoms with Gasteiger partial charge < -0.3 is 15.6 Å². The number of piperidine rings is 1. The van der Waals surface area contributed by atoms with Crippen LogP contribution in [0.4, 0.5) is 0 Å². The molecular formula is C17H39N5. The molecule has 0 saturated carbocycles. The average molecular weight is 314 g/mol. The third-order valence-corrected chi connectivity index (χ3v) is 4.08. The fourth-order valence-electron chi connectivity index (χ4n) is 2.61. The molecule has 22 heavy (non-hydrogen) atoms. The molecule has 0 radical (unpaired) electrons. The molecule has 2 saturated heterocycles. The Morgan fingerprint density at radius 1 is 0.955 bits per heavy atom. The molecule has 2 rings (SSSR count). The van der Waals surface area contributed by atoms with Gasteiger partial charge in [-0.1, -0.05) is 20.3 Å². The number of likely N-dealkylation sites (tertiary alicyclic amines) is 1. The van der Waals surface area contributed by atoms with Gasteiger partial charge in [0.2, 0.25) is 0 Å². The van der Waals surface area contributed by atoms with Crippen molar-refractivity contribution in [2.24, 2.45) is 11.6 Å². The van der Waals surface area contributed by atoms with E-state index in [9.17, 15) is 0 Å². The van der Waals surface area contributed by atoms with Crippen molar-refractivity contribution in [3.05, 3.63) is 11.9 Å². The average Bonchev–Trinajstić information content (AvgIpc) is 2.72. The second kappa shape index (κ2) is 12.7. The van der Waals surface area contributed by atoms with Crippen molar-refractivity contribution in [3.8, 4) is 0 Å². The zero-order chi connectivity index (χ0) is 17.0. The molecule has 0 aromatic carbocycles. The SMILES string of the molecule is CC.CC(C)N1CCCN(N)/C(=C\N)C1.CN1CCCCC1. The van der Waals surface area contributed by atoms with E-state index in [4.69, 9.17) is 11.6 Å². The van der Waals surface area contributed by atoms with Gasteiger partial charge in [-0.3, -0.25) is 4.90 Å². The van der Waals surface area contributed by atoms with Crippen LogP contribution in [0.15, 0.2) is 11.9 Å². The Kier molecular flexibility index (Phi) is 12.3. The first-order valence-corrected chi connectivity index (χ1v) is 8.90. The summed E-state index contributed by atoms with van der Waals surface area (Å²) >= 11 is 0. The van der Waals surface area contributed by atoms with Gasteiger partial charge in [0.1, 0.15) is 0 Å². The van der Waals surface area contributed by atoms with Gasteiger partial charge in [-0.25, -0.2) is 5.84 Å². The number of hydrazine groups is 1. The normalized spacial score (nSPS) is 22.5. The number of hydrogen-bond acceptors (Lipinski definition) is 5. The number of nitrogens with zero attached hydrogens (tertiary/aromatic N) is 3. The van der Waals surface area contributed by atoms with E-state index in [1.165, 1.54) is 32.4 Å². The first-order chi connectivity index (χ1) is 10.5. The van der Waals surface area contributed by atoms with E-state index in [2.05, 4.69) is 30.7 Å². The Labute approximate surface area is 138 Å². The van der Waals surface area contributed by atoms with E-state index in [0.717, 1.165) is 31.8 Å². The van der Waals surface area contributed by atoms with E-state index in [-0.39, 0.29) is 0 Å². The highest BCUT2D eigenvalue weighted by molar-refractivity contribution is 5.02. The largest absolute Gasteiger partial charge is 0.403 e. The highest BCUT2D eigenvalue weighted by atomic mass is 15.4. The Hall–Kier alpha value is -0.780. The van der Waals surface area contributed by atoms with Crippen molar-refractivity contribution in [3.63, 3.8) is 0 Å². The number of hydrogen-bond donors (Lipinski definition) is 2. The summed E-state index contributed by atoms with van der Waals surface area (Å²) in [5.74, 6) is 5.81. The quantitative estimate of drug-likeness (QED) is 0.727. The molecule has 2 aliphatic heterocycles. The summed E-state index contributed by atoms with van der Waals surface area (Å²) in [6.07, 6.45) is 6.99. The summed E-state index contributed by atoms with van der Waals surface area (Å²) in [7, 11) is 2.19. The van der Waals surface area contributed by atoms with Gasteiger partial charge in [-0.2, -0.15) is 0 Å². The van der Waals surface area contributed by atoms with Crippen LogP contribution in [0.2, 0.25) is 0 Å². The minimum Gasteiger partial charge on any atom is -0.403 e. The molecule has 132 valence electrons. The van der Waals surface area contributed by atoms with Gasteiger partial charge in [0.05, 0.1) is 5.70 Å². The highest BCUT2D eigenvalue weighted by Crippen LogP contribution is 2.11. The van der Waals surface area contributed by atoms with Crippen LogP contribution in [-0.2, 0) is 0 Å². The predicted octanol–water partition coefficient (Wildman–Crippen LogP) is 2.20. The van der Waals surface area contributed by atoms with Crippen LogP contribution in [0.25, 0.3) is 0 Å². The fraction of sp³-hybridized carbons (Fsp3) is 0.882. The second-order valence-electron chi connectivity index (χ2n) is 6.13. The lowest BCUT2D eigenvalue weighted by atomic mass is 10.1. The van der Waals surface area contributed by atoms with Crippen molar-refractivity contribution in [2.45, 2.75) is 59.4 Å². The summed E-state index contributed by atoms with van der Waals surface area (Å²) in [6, 6.07) is 0.557. The lowest BCUT2D eigenvalue weighted by molar-refractivity contribution is 0.245. The summed E-state index contributed by atoms with van der Waals surface area (Å²) in [6.45, 7) is 13.9. The fourth-order valence-corrected chi connectivity index (χ4v) is 2.61. The Morgan fingerprint density at radius 3 is 1.95 bits per heavy atom. The zero-order valence-electron chi connectivity index (χ0n) is 15.5. The minimum absolute atomic E-state index is 0.557. The molecule has 0 unspecified atom stereocenters. The molecule has 4 N–H and O–H groups in total. The van der Waals surface area contributed by atoms with Crippen molar-refractivity contribution in [1.82, 2.24) is 14.8 Å². The molecule has 0 bridgehead atoms. The Morgan fingerprint density at radius 2 is 1.55 bits per heavy atom. The maximum Gasteiger partial charge on any atom is 0.0586 e. The molecular weight excluding hydrogens is 274 g/mol. The molecule has 2 fully saturated rings. The molecule has 2 aliphatic rings. The molecule has 0 aliphatic carbocycles. The lowest BCUT2D eigenvalue weighted by Gasteiger charge is -2.25. The van der Waals surface area contributed by atoms with Crippen molar-refractivity contribution in [2.75, 3.05) is 39.8 Å². The van der Waals surface area contributed by atoms with Crippen molar-refractivity contribution >= 4 is 0 Å². The standard InChI is InChI=1S/C9H20N4.C6H13N.C2H6/c1-8(2)12-4-3-5-13(11)9(6-10)7-12;1-7-5-3-2-4-6-7;1-2/h6,8H,3-5,7,10-11H2,1-2H3;2-6H2,1H3;1-2H3/b9-6-;;. The molecule has 0 aromatic heterocycles. The lowest BCUT2D eigenvalue weighted by Crippen LogP contribution is -2.36. The topological polar surface area (TPSA) is 61.8 Å². The van der Waals surface area contributed by atoms with E-state index >= 15 is 0 Å². The molecule has 0 amide bonds. The number of nitrogens with two attached hydrogens (primary N) is 2. The third-order valence-electron chi connectivity index (χ3n) is 4.08. The van der Waals surface area contributed by atoms with E-state index < -0.39 is 0 Å². The summed E-state index contributed by atoms with van der Waals surface area (Å²) < 4.78 is 0. The molecule has 2 heterocycles. The van der Waals surface area contributed by atoms with Crippen LogP contribution in [0, 0.1) is 0 Å². The van der Waals surface area contributed by atoms with Crippen LogP contribution >= 0.6 is 0 Å². The third kappa shape index (κ3) is 8.61. The van der Waals surface area contributed by atoms with Crippen LogP contribution < -0.4 is 11.6 Å². The molecule has 5 heteroatoms. The first-order valence-electron chi connectivity index (χ1n) is 8.90. The van der Waals surface area contributed by atoms with Gasteiger partial charge in [0.25, 0.3) is 0 Å². The molecule has 0 aromatic rings. The monoisotopic (exact) mass is 313 g/mol. The maximum absolute atomic E-state index is 5.81. The minimum atomic E-state index is 0.557. The van der Waals surface area contributed by atoms with Crippen LogP contribution in [0.5, 0.6) is 0 Å². The highest BCUT2D eigenvalue weighted by Gasteiger charge is 2.17. The van der Waals surface area contributed by atoms with Crippen LogP contribution in [0.1, 0.15) is 53.4 Å². The number of rotatable bonds is 1. The Balaban J connectivity index is 0.000000412. The van der Waals surface area contributed by atoms with Gasteiger partial charge >= 0.3 is 0 Å². The van der Waals surface area contributed by atoms with Crippen LogP contribution in [-0.4, -0.2) is 60.6 Å². The maximum atomic E-state index is 5.81. The molecule has 0 atom stereocenters. The predicted molar refractivity (Wildman–Crippen MR) is 97.2 cm³/mol. The molecule has 5 nitrogen and oxygen atoms in total. The zero-order valence-corrected chi connectivity index (χ0v) is 15.5. The first kappa shape index (κ1) is 21.2. The van der Waals surface area contributed by atoms with Gasteiger partial charge in [0, 0.05) is 31.9 Å². The van der Waals surface area contributed by atoms with Crippen molar-refractivity contribution in [1.29, 1.82) is 0 Å². The summed E-state index contributed by atoms with van der Waals surface area (Å²) in [5.41, 5.74) is 6.53. The summed E-state index contributed by atoms with van der Waals surface area (Å²) in [4.78, 5) is 4.77. The second-order valence-corrected chi connectivity index (χ2v) is 6.13.